The van der Waals surface area contributed by atoms with Crippen LogP contribution < -0.4 is 14.8 Å². The lowest BCUT2D eigenvalue weighted by molar-refractivity contribution is 0.414. The second kappa shape index (κ2) is 7.57. The lowest BCUT2D eigenvalue weighted by Gasteiger charge is -2.13. The summed E-state index contributed by atoms with van der Waals surface area (Å²) in [4.78, 5) is 0.241. The Morgan fingerprint density at radius 1 is 1.04 bits per heavy atom. The largest absolute Gasteiger partial charge is 0.497 e. The van der Waals surface area contributed by atoms with Gasteiger partial charge in [0.15, 0.2) is 0 Å². The van der Waals surface area contributed by atoms with Crippen LogP contribution in [-0.2, 0) is 10.0 Å². The highest BCUT2D eigenvalue weighted by Crippen LogP contribution is 2.24. The SMILES string of the molecule is COc1ccc(S(=O)(=O)Nc2ccc(NCC(C)C)cc2)c(C)c1. The molecule has 0 spiro atoms. The van der Waals surface area contributed by atoms with E-state index in [2.05, 4.69) is 23.9 Å². The van der Waals surface area contributed by atoms with Gasteiger partial charge in [-0.1, -0.05) is 13.8 Å². The molecule has 6 heteroatoms. The second-order valence-electron chi connectivity index (χ2n) is 6.09. The van der Waals surface area contributed by atoms with Crippen LogP contribution in [0.1, 0.15) is 19.4 Å². The minimum Gasteiger partial charge on any atom is -0.497 e. The molecular weight excluding hydrogens is 324 g/mol. The highest BCUT2D eigenvalue weighted by molar-refractivity contribution is 7.92. The van der Waals surface area contributed by atoms with Crippen LogP contribution >= 0.6 is 0 Å². The molecule has 0 aliphatic rings. The lowest BCUT2D eigenvalue weighted by Crippen LogP contribution is -2.14. The number of hydrogen-bond acceptors (Lipinski definition) is 4. The molecule has 0 aromatic heterocycles. The van der Waals surface area contributed by atoms with Crippen molar-refractivity contribution >= 4 is 21.4 Å². The number of benzene rings is 2. The predicted molar refractivity (Wildman–Crippen MR) is 98.3 cm³/mol. The topological polar surface area (TPSA) is 67.4 Å². The first-order chi connectivity index (χ1) is 11.3. The Hall–Kier alpha value is -2.21. The summed E-state index contributed by atoms with van der Waals surface area (Å²) in [6, 6.07) is 12.1. The molecule has 0 saturated heterocycles. The van der Waals surface area contributed by atoms with Crippen LogP contribution in [0.5, 0.6) is 5.75 Å². The van der Waals surface area contributed by atoms with E-state index in [4.69, 9.17) is 4.74 Å². The van der Waals surface area contributed by atoms with Gasteiger partial charge in [0.1, 0.15) is 5.75 Å². The first kappa shape index (κ1) is 18.1. The molecule has 24 heavy (non-hydrogen) atoms. The maximum atomic E-state index is 12.6. The van der Waals surface area contributed by atoms with Gasteiger partial charge in [-0.2, -0.15) is 0 Å². The molecule has 0 unspecified atom stereocenters. The van der Waals surface area contributed by atoms with E-state index < -0.39 is 10.0 Å². The Kier molecular flexibility index (Phi) is 5.72. The maximum absolute atomic E-state index is 12.6. The molecule has 0 heterocycles. The van der Waals surface area contributed by atoms with Gasteiger partial charge in [-0.05, 0) is 60.9 Å². The van der Waals surface area contributed by atoms with E-state index in [1.165, 1.54) is 0 Å². The molecule has 0 amide bonds. The smallest absolute Gasteiger partial charge is 0.262 e. The van der Waals surface area contributed by atoms with Gasteiger partial charge in [-0.25, -0.2) is 8.42 Å². The monoisotopic (exact) mass is 348 g/mol. The van der Waals surface area contributed by atoms with Crippen molar-refractivity contribution in [1.82, 2.24) is 0 Å². The summed E-state index contributed by atoms with van der Waals surface area (Å²) in [7, 11) is -2.08. The number of hydrogen-bond donors (Lipinski definition) is 2. The summed E-state index contributed by atoms with van der Waals surface area (Å²) < 4.78 is 32.8. The van der Waals surface area contributed by atoms with Gasteiger partial charge in [0, 0.05) is 17.9 Å². The highest BCUT2D eigenvalue weighted by atomic mass is 32.2. The fraction of sp³-hybridized carbons (Fsp3) is 0.333. The van der Waals surface area contributed by atoms with Crippen LogP contribution in [0.25, 0.3) is 0 Å². The van der Waals surface area contributed by atoms with Gasteiger partial charge in [0.05, 0.1) is 12.0 Å². The average molecular weight is 348 g/mol. The zero-order valence-electron chi connectivity index (χ0n) is 14.5. The summed E-state index contributed by atoms with van der Waals surface area (Å²) in [5.74, 6) is 1.17. The van der Waals surface area contributed by atoms with Crippen molar-refractivity contribution in [2.45, 2.75) is 25.7 Å². The third kappa shape index (κ3) is 4.64. The van der Waals surface area contributed by atoms with Crippen LogP contribution in [0, 0.1) is 12.8 Å². The van der Waals surface area contributed by atoms with Crippen molar-refractivity contribution in [2.75, 3.05) is 23.7 Å². The van der Waals surface area contributed by atoms with Gasteiger partial charge in [0.25, 0.3) is 10.0 Å². The van der Waals surface area contributed by atoms with Crippen LogP contribution in [0.15, 0.2) is 47.4 Å². The molecule has 130 valence electrons. The van der Waals surface area contributed by atoms with E-state index in [-0.39, 0.29) is 4.90 Å². The fourth-order valence-corrected chi connectivity index (χ4v) is 3.52. The molecule has 0 bridgehead atoms. The van der Waals surface area contributed by atoms with Crippen LogP contribution in [0.2, 0.25) is 0 Å². The van der Waals surface area contributed by atoms with Gasteiger partial charge < -0.3 is 10.1 Å². The first-order valence-electron chi connectivity index (χ1n) is 7.83. The highest BCUT2D eigenvalue weighted by Gasteiger charge is 2.17. The molecule has 0 saturated carbocycles. The maximum Gasteiger partial charge on any atom is 0.262 e. The van der Waals surface area contributed by atoms with E-state index >= 15 is 0 Å². The Morgan fingerprint density at radius 3 is 2.21 bits per heavy atom. The van der Waals surface area contributed by atoms with Gasteiger partial charge >= 0.3 is 0 Å². The summed E-state index contributed by atoms with van der Waals surface area (Å²) in [5.41, 5.74) is 2.13. The fourth-order valence-electron chi connectivity index (χ4n) is 2.24. The average Bonchev–Trinajstić information content (AvgIpc) is 2.53. The van der Waals surface area contributed by atoms with Gasteiger partial charge in [-0.3, -0.25) is 4.72 Å². The molecule has 0 fully saturated rings. The number of anilines is 2. The van der Waals surface area contributed by atoms with E-state index in [1.54, 1.807) is 44.4 Å². The van der Waals surface area contributed by atoms with Crippen molar-refractivity contribution in [3.05, 3.63) is 48.0 Å². The molecular formula is C18H24N2O3S. The van der Waals surface area contributed by atoms with Crippen LogP contribution in [0.4, 0.5) is 11.4 Å². The molecule has 2 N–H and O–H groups in total. The van der Waals surface area contributed by atoms with Crippen molar-refractivity contribution in [1.29, 1.82) is 0 Å². The summed E-state index contributed by atoms with van der Waals surface area (Å²) >= 11 is 0. The molecule has 0 radical (unpaired) electrons. The zero-order chi connectivity index (χ0) is 17.7. The molecule has 2 rings (SSSR count). The van der Waals surface area contributed by atoms with E-state index in [9.17, 15) is 8.42 Å². The van der Waals surface area contributed by atoms with Gasteiger partial charge in [-0.15, -0.1) is 0 Å². The summed E-state index contributed by atoms with van der Waals surface area (Å²) in [5, 5.41) is 3.30. The first-order valence-corrected chi connectivity index (χ1v) is 9.31. The molecule has 2 aromatic rings. The molecule has 5 nitrogen and oxygen atoms in total. The zero-order valence-corrected chi connectivity index (χ0v) is 15.3. The normalized spacial score (nSPS) is 11.4. The van der Waals surface area contributed by atoms with Crippen molar-refractivity contribution in [3.63, 3.8) is 0 Å². The Morgan fingerprint density at radius 2 is 1.67 bits per heavy atom. The molecule has 0 atom stereocenters. The quantitative estimate of drug-likeness (QED) is 0.797. The third-order valence-corrected chi connectivity index (χ3v) is 5.06. The number of nitrogens with one attached hydrogen (secondary N) is 2. The number of rotatable bonds is 7. The van der Waals surface area contributed by atoms with E-state index in [0.29, 0.717) is 22.9 Å². The summed E-state index contributed by atoms with van der Waals surface area (Å²) in [6.07, 6.45) is 0. The van der Waals surface area contributed by atoms with Crippen molar-refractivity contribution < 1.29 is 13.2 Å². The predicted octanol–water partition coefficient (Wildman–Crippen LogP) is 3.87. The number of ether oxygens (including phenoxy) is 1. The van der Waals surface area contributed by atoms with E-state index in [1.807, 2.05) is 12.1 Å². The second-order valence-corrected chi connectivity index (χ2v) is 7.74. The van der Waals surface area contributed by atoms with Crippen molar-refractivity contribution in [2.24, 2.45) is 5.92 Å². The van der Waals surface area contributed by atoms with Gasteiger partial charge in [0.2, 0.25) is 0 Å². The lowest BCUT2D eigenvalue weighted by atomic mass is 10.2. The number of sulfonamides is 1. The third-order valence-electron chi connectivity index (χ3n) is 3.52. The molecule has 0 aliphatic carbocycles. The van der Waals surface area contributed by atoms with Crippen LogP contribution in [0.3, 0.4) is 0 Å². The van der Waals surface area contributed by atoms with Crippen LogP contribution in [-0.4, -0.2) is 22.1 Å². The Labute approximate surface area is 144 Å². The molecule has 0 aliphatic heterocycles. The van der Waals surface area contributed by atoms with Crippen molar-refractivity contribution in [3.8, 4) is 5.75 Å². The van der Waals surface area contributed by atoms with E-state index in [0.717, 1.165) is 12.2 Å². The Balaban J connectivity index is 2.14. The Bertz CT molecular complexity index is 784. The molecule has 2 aromatic carbocycles. The standard InChI is InChI=1S/C18H24N2O3S/c1-13(2)12-19-15-5-7-16(8-6-15)20-24(21,22)18-10-9-17(23-4)11-14(18)3/h5-11,13,19-20H,12H2,1-4H3. The number of methoxy groups -OCH3 is 1. The minimum atomic E-state index is -3.63. The summed E-state index contributed by atoms with van der Waals surface area (Å²) in [6.45, 7) is 6.88. The minimum absolute atomic E-state index is 0.241. The number of aryl methyl sites for hydroxylation is 1.